The van der Waals surface area contributed by atoms with Gasteiger partial charge in [0.2, 0.25) is 5.91 Å². The van der Waals surface area contributed by atoms with Crippen LogP contribution in [0.3, 0.4) is 0 Å². The Balaban J connectivity index is 1.67. The zero-order valence-corrected chi connectivity index (χ0v) is 25.8. The van der Waals surface area contributed by atoms with Gasteiger partial charge in [-0.25, -0.2) is 0 Å². The highest BCUT2D eigenvalue weighted by Crippen LogP contribution is 2.20. The topological polar surface area (TPSA) is 79.9 Å². The number of ether oxygens (including phenoxy) is 2. The van der Waals surface area contributed by atoms with E-state index < -0.39 is 0 Å². The minimum absolute atomic E-state index is 0.0319. The van der Waals surface area contributed by atoms with Gasteiger partial charge in [0.15, 0.2) is 6.54 Å². The molecule has 0 saturated heterocycles. The summed E-state index contributed by atoms with van der Waals surface area (Å²) < 4.78 is 12.3. The molecule has 2 rings (SSSR count). The molecule has 0 aliphatic rings. The summed E-state index contributed by atoms with van der Waals surface area (Å²) in [5.41, 5.74) is 6.08. The Morgan fingerprint density at radius 3 is 1.75 bits per heavy atom. The van der Waals surface area contributed by atoms with Gasteiger partial charge in [0.1, 0.15) is 6.54 Å². The first-order valence-corrected chi connectivity index (χ1v) is 14.5. The van der Waals surface area contributed by atoms with Crippen molar-refractivity contribution in [2.45, 2.75) is 48.0 Å². The summed E-state index contributed by atoms with van der Waals surface area (Å²) in [5.74, 6) is 0.0124. The number of nitrogens with zero attached hydrogens (tertiary/aromatic N) is 2. The molecule has 0 heterocycles. The van der Waals surface area contributed by atoms with Crippen molar-refractivity contribution in [1.29, 1.82) is 0 Å². The normalized spacial score (nSPS) is 12.8. The zero-order chi connectivity index (χ0) is 29.5. The highest BCUT2D eigenvalue weighted by molar-refractivity contribution is 5.94. The monoisotopic (exact) mass is 555 g/mol. The molecule has 1 unspecified atom stereocenters. The average molecular weight is 556 g/mol. The fourth-order valence-electron chi connectivity index (χ4n) is 4.98. The first kappa shape index (κ1) is 33.4. The van der Waals surface area contributed by atoms with Crippen molar-refractivity contribution >= 4 is 23.2 Å². The molecular formula is C32H51N4O4+. The molecule has 40 heavy (non-hydrogen) atoms. The van der Waals surface area contributed by atoms with E-state index >= 15 is 0 Å². The molecule has 222 valence electrons. The van der Waals surface area contributed by atoms with Gasteiger partial charge >= 0.3 is 0 Å². The van der Waals surface area contributed by atoms with Crippen LogP contribution in [0.25, 0.3) is 0 Å². The summed E-state index contributed by atoms with van der Waals surface area (Å²) >= 11 is 0. The Labute approximate surface area is 241 Å². The van der Waals surface area contributed by atoms with E-state index in [-0.39, 0.29) is 11.8 Å². The Hall–Kier alpha value is -2.78. The number of para-hydroxylation sites is 2. The number of nitrogens with one attached hydrogen (secondary N) is 2. The molecule has 8 nitrogen and oxygen atoms in total. The molecule has 0 bridgehead atoms. The largest absolute Gasteiger partial charge is 0.378 e. The third kappa shape index (κ3) is 11.0. The van der Waals surface area contributed by atoms with Gasteiger partial charge in [-0.05, 0) is 70.3 Å². The molecule has 2 amide bonds. The van der Waals surface area contributed by atoms with E-state index in [1.807, 2.05) is 76.0 Å². The second-order valence-electron chi connectivity index (χ2n) is 10.9. The molecule has 0 aliphatic heterocycles. The fourth-order valence-corrected chi connectivity index (χ4v) is 4.98. The minimum atomic E-state index is -0.0319. The van der Waals surface area contributed by atoms with Crippen LogP contribution in [0.5, 0.6) is 0 Å². The first-order chi connectivity index (χ1) is 19.1. The Kier molecular flexibility index (Phi) is 14.3. The lowest BCUT2D eigenvalue weighted by Crippen LogP contribution is -2.54. The van der Waals surface area contributed by atoms with Gasteiger partial charge < -0.3 is 24.6 Å². The molecule has 0 aliphatic carbocycles. The predicted molar refractivity (Wildman–Crippen MR) is 164 cm³/mol. The molecule has 0 saturated carbocycles. The van der Waals surface area contributed by atoms with E-state index in [1.54, 1.807) is 0 Å². The van der Waals surface area contributed by atoms with E-state index in [4.69, 9.17) is 9.47 Å². The summed E-state index contributed by atoms with van der Waals surface area (Å²) in [5, 5.41) is 6.16. The summed E-state index contributed by atoms with van der Waals surface area (Å²) in [4.78, 5) is 27.4. The van der Waals surface area contributed by atoms with Gasteiger partial charge in [-0.1, -0.05) is 43.3 Å². The lowest BCUT2D eigenvalue weighted by Gasteiger charge is -2.37. The number of benzene rings is 2. The summed E-state index contributed by atoms with van der Waals surface area (Å²) in [6.45, 7) is 18.4. The average Bonchev–Trinajstić information content (AvgIpc) is 2.90. The van der Waals surface area contributed by atoms with Gasteiger partial charge in [-0.2, -0.15) is 0 Å². The Bertz CT molecular complexity index is 1050. The molecule has 2 N–H and O–H groups in total. The number of carbonyl (C=O) groups is 2. The molecule has 0 fully saturated rings. The third-order valence-electron chi connectivity index (χ3n) is 7.45. The minimum Gasteiger partial charge on any atom is -0.378 e. The van der Waals surface area contributed by atoms with Crippen LogP contribution in [0, 0.1) is 27.7 Å². The highest BCUT2D eigenvalue weighted by atomic mass is 16.5. The van der Waals surface area contributed by atoms with Crippen LogP contribution in [0.15, 0.2) is 36.4 Å². The van der Waals surface area contributed by atoms with E-state index in [1.165, 1.54) is 0 Å². The third-order valence-corrected chi connectivity index (χ3v) is 7.45. The van der Waals surface area contributed by atoms with E-state index in [0.29, 0.717) is 50.5 Å². The second-order valence-corrected chi connectivity index (χ2v) is 10.9. The molecule has 0 radical (unpaired) electrons. The maximum absolute atomic E-state index is 13.0. The molecule has 2 aromatic carbocycles. The van der Waals surface area contributed by atoms with Crippen molar-refractivity contribution in [1.82, 2.24) is 4.90 Å². The molecule has 0 aromatic heterocycles. The Morgan fingerprint density at radius 2 is 1.25 bits per heavy atom. The van der Waals surface area contributed by atoms with E-state index in [9.17, 15) is 9.59 Å². The van der Waals surface area contributed by atoms with Crippen LogP contribution >= 0.6 is 0 Å². The van der Waals surface area contributed by atoms with Crippen LogP contribution in [-0.4, -0.2) is 93.9 Å². The summed E-state index contributed by atoms with van der Waals surface area (Å²) in [6.07, 6.45) is 1.00. The Morgan fingerprint density at radius 1 is 0.750 bits per heavy atom. The number of likely N-dealkylation sites (N-methyl/N-ethyl adjacent to an activating group) is 2. The number of aryl methyl sites for hydroxylation is 4. The maximum atomic E-state index is 13.0. The number of carbonyl (C=O) groups excluding carboxylic acids is 2. The molecule has 8 heteroatoms. The summed E-state index contributed by atoms with van der Waals surface area (Å²) in [6, 6.07) is 12.0. The number of hydrogen-bond donors (Lipinski definition) is 2. The van der Waals surface area contributed by atoms with Crippen molar-refractivity contribution in [3.05, 3.63) is 58.7 Å². The quantitative estimate of drug-likeness (QED) is 0.206. The van der Waals surface area contributed by atoms with Crippen molar-refractivity contribution < 1.29 is 23.5 Å². The van der Waals surface area contributed by atoms with Crippen molar-refractivity contribution in [2.24, 2.45) is 0 Å². The SMILES string of the molecule is CCC[N+](CC)(CCOCCOCCN(C)CC(=O)Nc1c(C)cccc1C)CC(=O)Nc1c(C)cccc1C. The number of hydrogen-bond acceptors (Lipinski definition) is 5. The van der Waals surface area contributed by atoms with Crippen LogP contribution in [0.4, 0.5) is 11.4 Å². The van der Waals surface area contributed by atoms with E-state index in [0.717, 1.165) is 59.7 Å². The van der Waals surface area contributed by atoms with Crippen LogP contribution in [-0.2, 0) is 19.1 Å². The molecule has 0 spiro atoms. The smallest absolute Gasteiger partial charge is 0.279 e. The number of rotatable bonds is 18. The van der Waals surface area contributed by atoms with Gasteiger partial charge in [0.05, 0.1) is 46.1 Å². The first-order valence-electron chi connectivity index (χ1n) is 14.5. The van der Waals surface area contributed by atoms with E-state index in [2.05, 4.69) is 24.5 Å². The van der Waals surface area contributed by atoms with Crippen LogP contribution < -0.4 is 10.6 Å². The maximum Gasteiger partial charge on any atom is 0.279 e. The standard InChI is InChI=1S/C32H50N4O4/c1-8-17-36(9-2,24-30(38)34-32-27(5)14-11-15-28(32)6)18-20-40-22-21-39-19-16-35(7)23-29(37)33-31-25(3)12-10-13-26(31)4/h10-15H,8-9,16-24H2,1-7H3,(H-,33,34,37,38)/p+1. The van der Waals surface area contributed by atoms with Gasteiger partial charge in [0.25, 0.3) is 5.91 Å². The second kappa shape index (κ2) is 17.1. The van der Waals surface area contributed by atoms with Crippen LogP contribution in [0.2, 0.25) is 0 Å². The molecule has 1 atom stereocenters. The predicted octanol–water partition coefficient (Wildman–Crippen LogP) is 4.71. The summed E-state index contributed by atoms with van der Waals surface area (Å²) in [7, 11) is 1.91. The zero-order valence-electron chi connectivity index (χ0n) is 25.8. The number of anilines is 2. The molecular weight excluding hydrogens is 504 g/mol. The number of amides is 2. The van der Waals surface area contributed by atoms with Crippen molar-refractivity contribution in [3.63, 3.8) is 0 Å². The number of quaternary nitrogens is 1. The van der Waals surface area contributed by atoms with Crippen molar-refractivity contribution in [3.8, 4) is 0 Å². The molecule has 2 aromatic rings. The van der Waals surface area contributed by atoms with Crippen molar-refractivity contribution in [2.75, 3.05) is 83.4 Å². The van der Waals surface area contributed by atoms with Gasteiger partial charge in [0, 0.05) is 17.9 Å². The lowest BCUT2D eigenvalue weighted by molar-refractivity contribution is -0.919. The van der Waals surface area contributed by atoms with Gasteiger partial charge in [-0.3, -0.25) is 14.5 Å². The van der Waals surface area contributed by atoms with Crippen LogP contribution in [0.1, 0.15) is 42.5 Å². The fraction of sp³-hybridized carbons (Fsp3) is 0.562. The van der Waals surface area contributed by atoms with Gasteiger partial charge in [-0.15, -0.1) is 0 Å². The lowest BCUT2D eigenvalue weighted by atomic mass is 10.1. The highest BCUT2D eigenvalue weighted by Gasteiger charge is 2.28.